The van der Waals surface area contributed by atoms with Gasteiger partial charge in [0.1, 0.15) is 17.4 Å². The molecule has 10 nitrogen and oxygen atoms in total. The minimum absolute atomic E-state index is 0.0980. The quantitative estimate of drug-likeness (QED) is 0.110. The normalized spacial score (nSPS) is 11.1. The van der Waals surface area contributed by atoms with Crippen LogP contribution >= 0.6 is 0 Å². The molecule has 1 heterocycles. The molecule has 0 aliphatic rings. The number of nitrogens with zero attached hydrogens (tertiary/aromatic N) is 2. The standard InChI is InChI=1S/C26H21N3O7/c1-2-34-24-15-19(13-20(16-27)26(31)28-17-22-7-4-12-35-22)8-10-23(24)36-25(30)11-9-18-5-3-6-21(14-18)29(32)33/h3-15H,2,17H2,1H3,(H,28,31)/b11-9+,20-13+. The number of rotatable bonds is 10. The number of nitriles is 1. The van der Waals surface area contributed by atoms with Gasteiger partial charge in [-0.3, -0.25) is 14.9 Å². The number of ether oxygens (including phenoxy) is 2. The Morgan fingerprint density at radius 2 is 1.97 bits per heavy atom. The Morgan fingerprint density at radius 3 is 2.67 bits per heavy atom. The Bertz CT molecular complexity index is 1350. The summed E-state index contributed by atoms with van der Waals surface area (Å²) in [6, 6.07) is 15.6. The molecule has 0 unspecified atom stereocenters. The third-order valence-electron chi connectivity index (χ3n) is 4.65. The number of amides is 1. The van der Waals surface area contributed by atoms with Gasteiger partial charge in [0.2, 0.25) is 0 Å². The van der Waals surface area contributed by atoms with Crippen LogP contribution in [0.3, 0.4) is 0 Å². The van der Waals surface area contributed by atoms with E-state index in [9.17, 15) is 25.0 Å². The number of hydrogen-bond donors (Lipinski definition) is 1. The second-order valence-corrected chi connectivity index (χ2v) is 7.18. The molecule has 0 aliphatic carbocycles. The van der Waals surface area contributed by atoms with Crippen LogP contribution in [-0.2, 0) is 16.1 Å². The molecular weight excluding hydrogens is 466 g/mol. The number of furan rings is 1. The first-order valence-electron chi connectivity index (χ1n) is 10.7. The second-order valence-electron chi connectivity index (χ2n) is 7.18. The van der Waals surface area contributed by atoms with Gasteiger partial charge in [0, 0.05) is 18.2 Å². The molecule has 3 rings (SSSR count). The van der Waals surface area contributed by atoms with Gasteiger partial charge in [-0.1, -0.05) is 18.2 Å². The summed E-state index contributed by atoms with van der Waals surface area (Å²) in [6.45, 7) is 2.16. The van der Waals surface area contributed by atoms with Gasteiger partial charge < -0.3 is 19.2 Å². The summed E-state index contributed by atoms with van der Waals surface area (Å²) < 4.78 is 16.1. The lowest BCUT2D eigenvalue weighted by Crippen LogP contribution is -2.23. The molecule has 0 atom stereocenters. The van der Waals surface area contributed by atoms with Crippen molar-refractivity contribution in [1.29, 1.82) is 5.26 Å². The van der Waals surface area contributed by atoms with Gasteiger partial charge in [-0.15, -0.1) is 0 Å². The van der Waals surface area contributed by atoms with Crippen LogP contribution in [0.25, 0.3) is 12.2 Å². The highest BCUT2D eigenvalue weighted by atomic mass is 16.6. The number of nitrogens with one attached hydrogen (secondary N) is 1. The van der Waals surface area contributed by atoms with Crippen LogP contribution in [0.2, 0.25) is 0 Å². The fourth-order valence-electron chi connectivity index (χ4n) is 3.01. The zero-order valence-corrected chi connectivity index (χ0v) is 19.2. The molecule has 2 aromatic carbocycles. The van der Waals surface area contributed by atoms with Gasteiger partial charge in [-0.2, -0.15) is 5.26 Å². The summed E-state index contributed by atoms with van der Waals surface area (Å²) in [5, 5.41) is 22.9. The Balaban J connectivity index is 1.72. The molecule has 182 valence electrons. The number of hydrogen-bond acceptors (Lipinski definition) is 8. The molecule has 10 heteroatoms. The second kappa shape index (κ2) is 12.3. The Kier molecular flexibility index (Phi) is 8.72. The van der Waals surface area contributed by atoms with E-state index in [0.29, 0.717) is 16.9 Å². The number of nitro groups is 1. The average Bonchev–Trinajstić information content (AvgIpc) is 3.40. The number of carbonyl (C=O) groups is 2. The molecule has 1 aromatic heterocycles. The Morgan fingerprint density at radius 1 is 1.14 bits per heavy atom. The van der Waals surface area contributed by atoms with Crippen LogP contribution in [0, 0.1) is 21.4 Å². The van der Waals surface area contributed by atoms with Gasteiger partial charge >= 0.3 is 5.97 Å². The van der Waals surface area contributed by atoms with E-state index in [2.05, 4.69) is 5.32 Å². The molecule has 36 heavy (non-hydrogen) atoms. The van der Waals surface area contributed by atoms with Crippen molar-refractivity contribution in [3.8, 4) is 17.6 Å². The lowest BCUT2D eigenvalue weighted by Gasteiger charge is -2.10. The van der Waals surface area contributed by atoms with E-state index in [4.69, 9.17) is 13.9 Å². The molecule has 1 N–H and O–H groups in total. The molecule has 0 radical (unpaired) electrons. The molecule has 3 aromatic rings. The van der Waals surface area contributed by atoms with E-state index < -0.39 is 16.8 Å². The zero-order valence-electron chi connectivity index (χ0n) is 19.2. The van der Waals surface area contributed by atoms with Gasteiger partial charge in [-0.25, -0.2) is 4.79 Å². The van der Waals surface area contributed by atoms with Gasteiger partial charge in [0.05, 0.1) is 24.3 Å². The fourth-order valence-corrected chi connectivity index (χ4v) is 3.01. The number of nitro benzene ring substituents is 1. The summed E-state index contributed by atoms with van der Waals surface area (Å²) in [4.78, 5) is 35.0. The maximum Gasteiger partial charge on any atom is 0.336 e. The first-order chi connectivity index (χ1) is 17.4. The molecular formula is C26H21N3O7. The van der Waals surface area contributed by atoms with Crippen molar-refractivity contribution in [2.45, 2.75) is 13.5 Å². The predicted molar refractivity (Wildman–Crippen MR) is 130 cm³/mol. The minimum atomic E-state index is -0.722. The highest BCUT2D eigenvalue weighted by Gasteiger charge is 2.13. The first kappa shape index (κ1) is 25.5. The van der Waals surface area contributed by atoms with Gasteiger partial charge in [0.15, 0.2) is 11.5 Å². The predicted octanol–water partition coefficient (Wildman–Crippen LogP) is 4.43. The van der Waals surface area contributed by atoms with E-state index in [1.165, 1.54) is 48.7 Å². The molecule has 1 amide bonds. The smallest absolute Gasteiger partial charge is 0.336 e. The van der Waals surface area contributed by atoms with Crippen LogP contribution in [0.15, 0.2) is 76.9 Å². The summed E-state index contributed by atoms with van der Waals surface area (Å²) in [6.07, 6.45) is 5.40. The van der Waals surface area contributed by atoms with Crippen LogP contribution in [0.1, 0.15) is 23.8 Å². The minimum Gasteiger partial charge on any atom is -0.490 e. The number of benzene rings is 2. The lowest BCUT2D eigenvalue weighted by atomic mass is 10.1. The van der Waals surface area contributed by atoms with E-state index in [1.807, 2.05) is 6.07 Å². The molecule has 0 aliphatic heterocycles. The van der Waals surface area contributed by atoms with Crippen LogP contribution in [0.4, 0.5) is 5.69 Å². The zero-order chi connectivity index (χ0) is 25.9. The Labute approximate surface area is 206 Å². The van der Waals surface area contributed by atoms with E-state index in [0.717, 1.165) is 6.08 Å². The van der Waals surface area contributed by atoms with Crippen LogP contribution in [-0.4, -0.2) is 23.4 Å². The summed E-state index contributed by atoms with van der Waals surface area (Å²) in [5.41, 5.74) is 0.712. The first-order valence-corrected chi connectivity index (χ1v) is 10.7. The topological polar surface area (TPSA) is 145 Å². The van der Waals surface area contributed by atoms with Crippen molar-refractivity contribution in [1.82, 2.24) is 5.32 Å². The number of carbonyl (C=O) groups excluding carboxylic acids is 2. The molecule has 0 saturated heterocycles. The fraction of sp³-hybridized carbons (Fsp3) is 0.115. The third kappa shape index (κ3) is 7.16. The van der Waals surface area contributed by atoms with Gasteiger partial charge in [-0.05, 0) is 54.5 Å². The van der Waals surface area contributed by atoms with Crippen molar-refractivity contribution in [3.05, 3.63) is 99.5 Å². The summed E-state index contributed by atoms with van der Waals surface area (Å²) in [5.74, 6) is -0.389. The molecule has 0 bridgehead atoms. The highest BCUT2D eigenvalue weighted by Crippen LogP contribution is 2.30. The highest BCUT2D eigenvalue weighted by molar-refractivity contribution is 6.01. The summed E-state index contributed by atoms with van der Waals surface area (Å²) in [7, 11) is 0. The van der Waals surface area contributed by atoms with E-state index >= 15 is 0 Å². The molecule has 0 spiro atoms. The molecule has 0 saturated carbocycles. The lowest BCUT2D eigenvalue weighted by molar-refractivity contribution is -0.384. The Hall–Kier alpha value is -5.17. The van der Waals surface area contributed by atoms with Crippen molar-refractivity contribution in [3.63, 3.8) is 0 Å². The average molecular weight is 487 g/mol. The summed E-state index contributed by atoms with van der Waals surface area (Å²) >= 11 is 0. The van der Waals surface area contributed by atoms with Crippen LogP contribution < -0.4 is 14.8 Å². The van der Waals surface area contributed by atoms with E-state index in [1.54, 1.807) is 31.2 Å². The monoisotopic (exact) mass is 487 g/mol. The maximum atomic E-state index is 12.4. The number of esters is 1. The SMILES string of the molecule is CCOc1cc(/C=C(\C#N)C(=O)NCc2ccco2)ccc1OC(=O)/C=C/c1cccc([N+](=O)[O-])c1. The maximum absolute atomic E-state index is 12.4. The van der Waals surface area contributed by atoms with Gasteiger partial charge in [0.25, 0.3) is 11.6 Å². The van der Waals surface area contributed by atoms with Crippen molar-refractivity contribution >= 4 is 29.7 Å². The van der Waals surface area contributed by atoms with Crippen molar-refractivity contribution in [2.24, 2.45) is 0 Å². The third-order valence-corrected chi connectivity index (χ3v) is 4.65. The van der Waals surface area contributed by atoms with Crippen LogP contribution in [0.5, 0.6) is 11.5 Å². The van der Waals surface area contributed by atoms with E-state index in [-0.39, 0.29) is 35.9 Å². The van der Waals surface area contributed by atoms with Crippen molar-refractivity contribution < 1.29 is 28.4 Å². The largest absolute Gasteiger partial charge is 0.490 e. The van der Waals surface area contributed by atoms with Crippen molar-refractivity contribution in [2.75, 3.05) is 6.61 Å². The molecule has 0 fully saturated rings. The number of non-ortho nitro benzene ring substituents is 1.